The summed E-state index contributed by atoms with van der Waals surface area (Å²) in [5, 5.41) is 9.40. The van der Waals surface area contributed by atoms with Crippen molar-refractivity contribution >= 4 is 10.9 Å². The van der Waals surface area contributed by atoms with E-state index in [1.807, 2.05) is 29.0 Å². The Bertz CT molecular complexity index is 764. The molecule has 0 aliphatic heterocycles. The molecule has 19 heavy (non-hydrogen) atoms. The Morgan fingerprint density at radius 3 is 2.58 bits per heavy atom. The van der Waals surface area contributed by atoms with Gasteiger partial charge in [-0.15, -0.1) is 0 Å². The summed E-state index contributed by atoms with van der Waals surface area (Å²) < 4.78 is 15.6. The second kappa shape index (κ2) is 4.58. The van der Waals surface area contributed by atoms with Gasteiger partial charge in [-0.05, 0) is 35.9 Å². The van der Waals surface area contributed by atoms with Crippen molar-refractivity contribution in [3.8, 4) is 6.07 Å². The van der Waals surface area contributed by atoms with Crippen LogP contribution in [0.4, 0.5) is 4.39 Å². The molecule has 0 N–H and O–H groups in total. The van der Waals surface area contributed by atoms with Crippen molar-refractivity contribution in [1.29, 1.82) is 5.26 Å². The van der Waals surface area contributed by atoms with E-state index in [4.69, 9.17) is 5.26 Å². The van der Waals surface area contributed by atoms with E-state index >= 15 is 0 Å². The van der Waals surface area contributed by atoms with Crippen molar-refractivity contribution in [2.24, 2.45) is 0 Å². The van der Waals surface area contributed by atoms with Gasteiger partial charge >= 0.3 is 0 Å². The van der Waals surface area contributed by atoms with Crippen molar-refractivity contribution in [2.45, 2.75) is 6.54 Å². The van der Waals surface area contributed by atoms with Crippen molar-refractivity contribution in [1.82, 2.24) is 4.57 Å². The number of nitriles is 1. The third kappa shape index (κ3) is 2.09. The lowest BCUT2D eigenvalue weighted by Crippen LogP contribution is -1.97. The molecule has 92 valence electrons. The Labute approximate surface area is 110 Å². The van der Waals surface area contributed by atoms with E-state index in [-0.39, 0.29) is 5.82 Å². The molecule has 2 aromatic carbocycles. The largest absolute Gasteiger partial charge is 0.343 e. The van der Waals surface area contributed by atoms with Crippen LogP contribution >= 0.6 is 0 Å². The van der Waals surface area contributed by atoms with Crippen molar-refractivity contribution < 1.29 is 4.39 Å². The van der Waals surface area contributed by atoms with Crippen LogP contribution in [0.5, 0.6) is 0 Å². The minimum absolute atomic E-state index is 0.198. The molecule has 0 bridgehead atoms. The number of hydrogen-bond donors (Lipinski definition) is 0. The van der Waals surface area contributed by atoms with Crippen LogP contribution in [0.25, 0.3) is 10.9 Å². The molecule has 0 amide bonds. The standard InChI is InChI=1S/C16H11FN2/c17-15-2-1-3-16-14(15)8-9-19(16)11-13-6-4-12(10-18)5-7-13/h1-9H,11H2. The molecule has 1 aromatic heterocycles. The topological polar surface area (TPSA) is 28.7 Å². The Balaban J connectivity index is 1.97. The molecule has 0 unspecified atom stereocenters. The summed E-state index contributed by atoms with van der Waals surface area (Å²) in [5.74, 6) is -0.198. The van der Waals surface area contributed by atoms with E-state index < -0.39 is 0 Å². The molecule has 0 atom stereocenters. The van der Waals surface area contributed by atoms with Crippen LogP contribution < -0.4 is 0 Å². The number of rotatable bonds is 2. The molecular weight excluding hydrogens is 239 g/mol. The molecular formula is C16H11FN2. The van der Waals surface area contributed by atoms with Crippen LogP contribution in [0.15, 0.2) is 54.7 Å². The van der Waals surface area contributed by atoms with Gasteiger partial charge in [-0.2, -0.15) is 5.26 Å². The normalized spacial score (nSPS) is 10.5. The first-order valence-corrected chi connectivity index (χ1v) is 6.00. The highest BCUT2D eigenvalue weighted by Crippen LogP contribution is 2.20. The second-order valence-corrected chi connectivity index (χ2v) is 4.43. The smallest absolute Gasteiger partial charge is 0.132 e. The molecule has 2 nitrogen and oxygen atoms in total. The molecule has 3 aromatic rings. The van der Waals surface area contributed by atoms with Crippen molar-refractivity contribution in [3.63, 3.8) is 0 Å². The predicted octanol–water partition coefficient (Wildman–Crippen LogP) is 3.70. The lowest BCUT2D eigenvalue weighted by molar-refractivity contribution is 0.639. The SMILES string of the molecule is N#Cc1ccc(Cn2ccc3c(F)cccc32)cc1. The zero-order valence-corrected chi connectivity index (χ0v) is 10.2. The van der Waals surface area contributed by atoms with Gasteiger partial charge in [-0.25, -0.2) is 4.39 Å². The third-order valence-electron chi connectivity index (χ3n) is 3.20. The molecule has 1 heterocycles. The van der Waals surface area contributed by atoms with Crippen molar-refractivity contribution in [2.75, 3.05) is 0 Å². The number of aromatic nitrogens is 1. The van der Waals surface area contributed by atoms with Gasteiger partial charge in [0.25, 0.3) is 0 Å². The van der Waals surface area contributed by atoms with Crippen LogP contribution in [-0.2, 0) is 6.54 Å². The summed E-state index contributed by atoms with van der Waals surface area (Å²) in [4.78, 5) is 0. The first kappa shape index (κ1) is 11.5. The van der Waals surface area contributed by atoms with E-state index in [1.54, 1.807) is 24.3 Å². The minimum atomic E-state index is -0.198. The first-order chi connectivity index (χ1) is 9.28. The van der Waals surface area contributed by atoms with Crippen LogP contribution in [0, 0.1) is 17.1 Å². The van der Waals surface area contributed by atoms with Gasteiger partial charge in [0.05, 0.1) is 17.1 Å². The third-order valence-corrected chi connectivity index (χ3v) is 3.20. The summed E-state index contributed by atoms with van der Waals surface area (Å²) in [6, 6.07) is 16.4. The fourth-order valence-corrected chi connectivity index (χ4v) is 2.21. The number of hydrogen-bond acceptors (Lipinski definition) is 1. The summed E-state index contributed by atoms with van der Waals surface area (Å²) in [7, 11) is 0. The summed E-state index contributed by atoms with van der Waals surface area (Å²) in [6.45, 7) is 0.665. The van der Waals surface area contributed by atoms with E-state index in [9.17, 15) is 4.39 Å². The van der Waals surface area contributed by atoms with Gasteiger partial charge in [-0.3, -0.25) is 0 Å². The van der Waals surface area contributed by atoms with E-state index in [2.05, 4.69) is 6.07 Å². The minimum Gasteiger partial charge on any atom is -0.343 e. The molecule has 3 rings (SSSR count). The quantitative estimate of drug-likeness (QED) is 0.681. The maximum Gasteiger partial charge on any atom is 0.132 e. The van der Waals surface area contributed by atoms with Crippen molar-refractivity contribution in [3.05, 3.63) is 71.7 Å². The summed E-state index contributed by atoms with van der Waals surface area (Å²) in [6.07, 6.45) is 1.88. The highest BCUT2D eigenvalue weighted by Gasteiger charge is 2.05. The van der Waals surface area contributed by atoms with Crippen LogP contribution in [0.3, 0.4) is 0 Å². The zero-order valence-electron chi connectivity index (χ0n) is 10.2. The molecule has 0 saturated heterocycles. The van der Waals surface area contributed by atoms with Gasteiger partial charge in [0.15, 0.2) is 0 Å². The highest BCUT2D eigenvalue weighted by atomic mass is 19.1. The maximum atomic E-state index is 13.6. The lowest BCUT2D eigenvalue weighted by atomic mass is 10.1. The van der Waals surface area contributed by atoms with Crippen LogP contribution in [0.2, 0.25) is 0 Å². The van der Waals surface area contributed by atoms with Gasteiger partial charge in [0, 0.05) is 18.1 Å². The fraction of sp³-hybridized carbons (Fsp3) is 0.0625. The summed E-state index contributed by atoms with van der Waals surface area (Å²) >= 11 is 0. The Morgan fingerprint density at radius 2 is 1.84 bits per heavy atom. The van der Waals surface area contributed by atoms with E-state index in [1.165, 1.54) is 6.07 Å². The molecule has 0 aliphatic rings. The van der Waals surface area contributed by atoms with Crippen LogP contribution in [0.1, 0.15) is 11.1 Å². The van der Waals surface area contributed by atoms with Gasteiger partial charge in [0.1, 0.15) is 5.82 Å². The number of halogens is 1. The average Bonchev–Trinajstić information content (AvgIpc) is 2.84. The molecule has 0 fully saturated rings. The van der Waals surface area contributed by atoms with Crippen LogP contribution in [-0.4, -0.2) is 4.57 Å². The number of fused-ring (bicyclic) bond motifs is 1. The molecule has 3 heteroatoms. The Hall–Kier alpha value is -2.60. The average molecular weight is 250 g/mol. The predicted molar refractivity (Wildman–Crippen MR) is 72.2 cm³/mol. The second-order valence-electron chi connectivity index (χ2n) is 4.43. The Kier molecular flexibility index (Phi) is 2.77. The van der Waals surface area contributed by atoms with Gasteiger partial charge < -0.3 is 4.57 Å². The van der Waals surface area contributed by atoms with Gasteiger partial charge in [0.2, 0.25) is 0 Å². The van der Waals surface area contributed by atoms with E-state index in [0.29, 0.717) is 17.5 Å². The van der Waals surface area contributed by atoms with E-state index in [0.717, 1.165) is 11.1 Å². The Morgan fingerprint density at radius 1 is 1.05 bits per heavy atom. The highest BCUT2D eigenvalue weighted by molar-refractivity contribution is 5.80. The zero-order chi connectivity index (χ0) is 13.2. The molecule has 0 aliphatic carbocycles. The monoisotopic (exact) mass is 250 g/mol. The first-order valence-electron chi connectivity index (χ1n) is 6.00. The fourth-order valence-electron chi connectivity index (χ4n) is 2.21. The lowest BCUT2D eigenvalue weighted by Gasteiger charge is -2.06. The summed E-state index contributed by atoms with van der Waals surface area (Å²) in [5.41, 5.74) is 2.61. The molecule has 0 spiro atoms. The maximum absolute atomic E-state index is 13.6. The number of nitrogens with zero attached hydrogens (tertiary/aromatic N) is 2. The van der Waals surface area contributed by atoms with Gasteiger partial charge in [-0.1, -0.05) is 18.2 Å². The number of benzene rings is 2. The molecule has 0 saturated carbocycles. The molecule has 0 radical (unpaired) electrons.